The smallest absolute Gasteiger partial charge is 0.0518 e. The van der Waals surface area contributed by atoms with Gasteiger partial charge in [0.25, 0.3) is 0 Å². The Morgan fingerprint density at radius 3 is 2.60 bits per heavy atom. The molecule has 5 heterocycles. The maximum Gasteiger partial charge on any atom is 0.0518 e. The number of fused-ring (bicyclic) bond motifs is 3. The number of hydrogen-bond donors (Lipinski definition) is 0. The molecule has 0 spiro atoms. The maximum atomic E-state index is 3.99. The monoisotopic (exact) mass is 415 g/mol. The second-order valence-corrected chi connectivity index (χ2v) is 9.44. The summed E-state index contributed by atoms with van der Waals surface area (Å²) in [6, 6.07) is 8.87. The van der Waals surface area contributed by atoms with Crippen LogP contribution < -0.4 is 0 Å². The van der Waals surface area contributed by atoms with Crippen LogP contribution in [0.2, 0.25) is 0 Å². The van der Waals surface area contributed by atoms with E-state index in [4.69, 9.17) is 0 Å². The van der Waals surface area contributed by atoms with Gasteiger partial charge in [-0.05, 0) is 90.5 Å². The summed E-state index contributed by atoms with van der Waals surface area (Å²) < 4.78 is 2.62. The van der Waals surface area contributed by atoms with Gasteiger partial charge in [-0.1, -0.05) is 11.6 Å². The van der Waals surface area contributed by atoms with Crippen LogP contribution in [0.3, 0.4) is 0 Å². The van der Waals surface area contributed by atoms with Crippen LogP contribution in [-0.4, -0.2) is 28.0 Å². The van der Waals surface area contributed by atoms with E-state index in [0.29, 0.717) is 0 Å². The van der Waals surface area contributed by atoms with Crippen molar-refractivity contribution in [2.75, 3.05) is 13.6 Å². The minimum Gasteiger partial charge on any atom is -0.344 e. The average Bonchev–Trinajstić information content (AvgIpc) is 3.32. The van der Waals surface area contributed by atoms with E-state index in [1.54, 1.807) is 33.7 Å². The van der Waals surface area contributed by atoms with E-state index in [0.717, 1.165) is 6.54 Å². The summed E-state index contributed by atoms with van der Waals surface area (Å²) in [7, 11) is 2.24. The summed E-state index contributed by atoms with van der Waals surface area (Å²) in [6.45, 7) is 7.93. The number of hydrogen-bond acceptors (Lipinski definition) is 3. The first-order valence-corrected chi connectivity index (χ1v) is 11.8. The first-order valence-electron chi connectivity index (χ1n) is 10.9. The molecule has 0 amide bonds. The molecular weight excluding hydrogens is 386 g/mol. The zero-order valence-electron chi connectivity index (χ0n) is 18.1. The topological polar surface area (TPSA) is 21.1 Å². The van der Waals surface area contributed by atoms with Crippen molar-refractivity contribution in [3.63, 3.8) is 0 Å². The largest absolute Gasteiger partial charge is 0.344 e. The SMILES string of the molecule is Cc1cc2c3c(c1)c1c(n3CCC2)CCN(C)C1.Cc1cscc1-c1ccncc1. The minimum absolute atomic E-state index is 1.13. The van der Waals surface area contributed by atoms with Crippen LogP contribution in [0.4, 0.5) is 0 Å². The summed E-state index contributed by atoms with van der Waals surface area (Å²) in [5.41, 5.74) is 11.7. The average molecular weight is 416 g/mol. The Bertz CT molecular complexity index is 1190. The fourth-order valence-electron chi connectivity index (χ4n) is 5.02. The van der Waals surface area contributed by atoms with Crippen molar-refractivity contribution in [2.45, 2.75) is 46.2 Å². The Balaban J connectivity index is 0.000000140. The van der Waals surface area contributed by atoms with E-state index in [1.165, 1.54) is 60.0 Å². The third-order valence-corrected chi connectivity index (χ3v) is 7.30. The molecule has 3 aromatic heterocycles. The van der Waals surface area contributed by atoms with Crippen LogP contribution >= 0.6 is 11.3 Å². The quantitative estimate of drug-likeness (QED) is 0.380. The summed E-state index contributed by atoms with van der Waals surface area (Å²) in [4.78, 5) is 6.44. The summed E-state index contributed by atoms with van der Waals surface area (Å²) >= 11 is 1.74. The molecule has 3 nitrogen and oxygen atoms in total. The van der Waals surface area contributed by atoms with Crippen LogP contribution in [0.15, 0.2) is 47.4 Å². The standard InChI is InChI=1S/C16H20N2.C10H9NS/c1-11-8-12-4-3-6-18-15-5-7-17(2)10-14(15)13(9-11)16(12)18;1-8-6-12-7-10(8)9-2-4-11-5-3-9/h8-9H,3-7,10H2,1-2H3;2-7H,1H3. The van der Waals surface area contributed by atoms with E-state index in [2.05, 4.69) is 58.2 Å². The first-order chi connectivity index (χ1) is 14.6. The second kappa shape index (κ2) is 8.01. The zero-order chi connectivity index (χ0) is 20.7. The van der Waals surface area contributed by atoms with E-state index < -0.39 is 0 Å². The molecule has 0 bridgehead atoms. The second-order valence-electron chi connectivity index (χ2n) is 8.69. The summed E-state index contributed by atoms with van der Waals surface area (Å²) in [5.74, 6) is 0. The van der Waals surface area contributed by atoms with E-state index in [1.807, 2.05) is 24.5 Å². The molecule has 6 rings (SSSR count). The molecule has 154 valence electrons. The van der Waals surface area contributed by atoms with Crippen molar-refractivity contribution < 1.29 is 0 Å². The van der Waals surface area contributed by atoms with Gasteiger partial charge in [0.2, 0.25) is 0 Å². The van der Waals surface area contributed by atoms with Crippen molar-refractivity contribution in [3.05, 3.63) is 75.4 Å². The highest BCUT2D eigenvalue weighted by atomic mass is 32.1. The molecule has 1 aromatic carbocycles. The van der Waals surface area contributed by atoms with Crippen LogP contribution in [0.25, 0.3) is 22.0 Å². The van der Waals surface area contributed by atoms with Crippen molar-refractivity contribution in [2.24, 2.45) is 0 Å². The molecule has 30 heavy (non-hydrogen) atoms. The normalized spacial score (nSPS) is 15.6. The molecule has 4 heteroatoms. The molecule has 0 unspecified atom stereocenters. The maximum absolute atomic E-state index is 3.99. The predicted molar refractivity (Wildman–Crippen MR) is 127 cm³/mol. The highest BCUT2D eigenvalue weighted by Crippen LogP contribution is 2.36. The minimum atomic E-state index is 1.13. The molecule has 4 aromatic rings. The third-order valence-electron chi connectivity index (χ3n) is 6.44. The lowest BCUT2D eigenvalue weighted by molar-refractivity contribution is 0.309. The molecular formula is C26H29N3S. The van der Waals surface area contributed by atoms with Gasteiger partial charge in [-0.3, -0.25) is 4.98 Å². The summed E-state index contributed by atoms with van der Waals surface area (Å²) in [5, 5.41) is 5.87. The number of nitrogens with zero attached hydrogens (tertiary/aromatic N) is 3. The lowest BCUT2D eigenvalue weighted by atomic mass is 9.99. The molecule has 0 N–H and O–H groups in total. The molecule has 0 aliphatic carbocycles. The van der Waals surface area contributed by atoms with E-state index in [-0.39, 0.29) is 0 Å². The van der Waals surface area contributed by atoms with Gasteiger partial charge >= 0.3 is 0 Å². The van der Waals surface area contributed by atoms with Gasteiger partial charge in [-0.2, -0.15) is 11.3 Å². The number of aryl methyl sites for hydroxylation is 4. The first kappa shape index (κ1) is 19.5. The number of thiophene rings is 1. The fourth-order valence-corrected chi connectivity index (χ4v) is 5.87. The van der Waals surface area contributed by atoms with Gasteiger partial charge in [0, 0.05) is 49.5 Å². The molecule has 0 fully saturated rings. The fraction of sp³-hybridized carbons (Fsp3) is 0.346. The summed E-state index contributed by atoms with van der Waals surface area (Å²) in [6.07, 6.45) is 7.44. The van der Waals surface area contributed by atoms with Gasteiger partial charge in [0.15, 0.2) is 0 Å². The lowest BCUT2D eigenvalue weighted by Crippen LogP contribution is -2.27. The molecule has 0 radical (unpaired) electrons. The number of benzene rings is 1. The molecule has 0 atom stereocenters. The van der Waals surface area contributed by atoms with Gasteiger partial charge in [0.1, 0.15) is 0 Å². The Kier molecular flexibility index (Phi) is 5.21. The Morgan fingerprint density at radius 1 is 1.00 bits per heavy atom. The molecule has 0 saturated carbocycles. The predicted octanol–water partition coefficient (Wildman–Crippen LogP) is 6.00. The molecule has 0 saturated heterocycles. The van der Waals surface area contributed by atoms with E-state index >= 15 is 0 Å². The van der Waals surface area contributed by atoms with Crippen LogP contribution in [-0.2, 0) is 25.9 Å². The van der Waals surface area contributed by atoms with Crippen molar-refractivity contribution in [1.82, 2.24) is 14.5 Å². The van der Waals surface area contributed by atoms with E-state index in [9.17, 15) is 0 Å². The number of rotatable bonds is 1. The Morgan fingerprint density at radius 2 is 1.83 bits per heavy atom. The highest BCUT2D eigenvalue weighted by Gasteiger charge is 2.25. The van der Waals surface area contributed by atoms with Gasteiger partial charge in [-0.25, -0.2) is 0 Å². The zero-order valence-corrected chi connectivity index (χ0v) is 18.9. The van der Waals surface area contributed by atoms with Crippen LogP contribution in [0.5, 0.6) is 0 Å². The lowest BCUT2D eigenvalue weighted by Gasteiger charge is -2.24. The van der Waals surface area contributed by atoms with Crippen LogP contribution in [0.1, 0.15) is 34.4 Å². The van der Waals surface area contributed by atoms with Gasteiger partial charge in [-0.15, -0.1) is 0 Å². The number of aromatic nitrogens is 2. The third kappa shape index (κ3) is 3.48. The van der Waals surface area contributed by atoms with Crippen molar-refractivity contribution >= 4 is 22.2 Å². The Labute approximate surface area is 183 Å². The number of pyridine rings is 1. The van der Waals surface area contributed by atoms with Gasteiger partial charge < -0.3 is 9.47 Å². The molecule has 2 aliphatic rings. The highest BCUT2D eigenvalue weighted by molar-refractivity contribution is 7.08. The molecule has 2 aliphatic heterocycles. The van der Waals surface area contributed by atoms with Gasteiger partial charge in [0.05, 0.1) is 5.52 Å². The Hall–Kier alpha value is -2.43. The van der Waals surface area contributed by atoms with Crippen molar-refractivity contribution in [1.29, 1.82) is 0 Å². The number of likely N-dealkylation sites (N-methyl/N-ethyl adjacent to an activating group) is 1. The van der Waals surface area contributed by atoms with Crippen LogP contribution in [0, 0.1) is 13.8 Å². The van der Waals surface area contributed by atoms with Crippen molar-refractivity contribution in [3.8, 4) is 11.1 Å².